The molecule has 0 bridgehead atoms. The van der Waals surface area contributed by atoms with Gasteiger partial charge in [0.25, 0.3) is 0 Å². The molecule has 3 N–H and O–H groups in total. The van der Waals surface area contributed by atoms with Gasteiger partial charge >= 0.3 is 0 Å². The van der Waals surface area contributed by atoms with Crippen molar-refractivity contribution in [1.29, 1.82) is 0 Å². The molecule has 1 aromatic rings. The van der Waals surface area contributed by atoms with Crippen LogP contribution in [0.3, 0.4) is 0 Å². The van der Waals surface area contributed by atoms with Crippen LogP contribution < -0.4 is 11.3 Å². The van der Waals surface area contributed by atoms with E-state index in [-0.39, 0.29) is 12.1 Å². The summed E-state index contributed by atoms with van der Waals surface area (Å²) in [5, 5.41) is 0. The molecule has 1 aromatic carbocycles. The molecule has 0 spiro atoms. The van der Waals surface area contributed by atoms with E-state index in [9.17, 15) is 8.78 Å². The van der Waals surface area contributed by atoms with Gasteiger partial charge in [-0.3, -0.25) is 11.3 Å². The van der Waals surface area contributed by atoms with Gasteiger partial charge < -0.3 is 9.47 Å². The molecule has 2 unspecified atom stereocenters. The summed E-state index contributed by atoms with van der Waals surface area (Å²) in [5.41, 5.74) is 3.29. The second-order valence-electron chi connectivity index (χ2n) is 4.21. The van der Waals surface area contributed by atoms with Crippen molar-refractivity contribution < 1.29 is 18.3 Å². The van der Waals surface area contributed by atoms with Crippen molar-refractivity contribution in [2.75, 3.05) is 19.8 Å². The van der Waals surface area contributed by atoms with E-state index in [1.165, 1.54) is 12.1 Å². The third-order valence-electron chi connectivity index (χ3n) is 2.94. The molecule has 2 rings (SSSR count). The Bertz CT molecular complexity index is 398. The Morgan fingerprint density at radius 1 is 1.33 bits per heavy atom. The number of hydrazine groups is 1. The van der Waals surface area contributed by atoms with E-state index in [0.717, 1.165) is 6.07 Å². The first-order valence-electron chi connectivity index (χ1n) is 5.80. The van der Waals surface area contributed by atoms with Crippen LogP contribution in [-0.2, 0) is 15.9 Å². The first-order chi connectivity index (χ1) is 8.70. The summed E-state index contributed by atoms with van der Waals surface area (Å²) in [6.07, 6.45) is 0.263. The number of rotatable bonds is 4. The minimum atomic E-state index is -0.857. The molecule has 0 aliphatic carbocycles. The molecule has 4 nitrogen and oxygen atoms in total. The standard InChI is InChI=1S/C12H16F2N2O2/c13-9-2-1-8(5-10(9)14)6-11(16-15)12-7-17-3-4-18-12/h1-2,5,11-12,16H,3-4,6-7,15H2. The fourth-order valence-electron chi connectivity index (χ4n) is 1.96. The highest BCUT2D eigenvalue weighted by molar-refractivity contribution is 5.19. The van der Waals surface area contributed by atoms with Gasteiger partial charge in [-0.1, -0.05) is 6.07 Å². The molecule has 1 aliphatic rings. The summed E-state index contributed by atoms with van der Waals surface area (Å²) in [6, 6.07) is 3.61. The molecule has 2 atom stereocenters. The van der Waals surface area contributed by atoms with Crippen molar-refractivity contribution in [3.8, 4) is 0 Å². The molecule has 0 saturated carbocycles. The highest BCUT2D eigenvalue weighted by atomic mass is 19.2. The number of halogens is 2. The van der Waals surface area contributed by atoms with Crippen molar-refractivity contribution in [1.82, 2.24) is 5.43 Å². The lowest BCUT2D eigenvalue weighted by molar-refractivity contribution is -0.101. The largest absolute Gasteiger partial charge is 0.376 e. The lowest BCUT2D eigenvalue weighted by Gasteiger charge is -2.30. The number of hydrogen-bond donors (Lipinski definition) is 2. The second kappa shape index (κ2) is 6.19. The third kappa shape index (κ3) is 3.23. The number of nitrogens with two attached hydrogens (primary N) is 1. The highest BCUT2D eigenvalue weighted by Crippen LogP contribution is 2.14. The van der Waals surface area contributed by atoms with E-state index < -0.39 is 11.6 Å². The van der Waals surface area contributed by atoms with E-state index in [0.29, 0.717) is 31.8 Å². The van der Waals surface area contributed by atoms with Crippen molar-refractivity contribution in [2.24, 2.45) is 5.84 Å². The number of hydrogen-bond acceptors (Lipinski definition) is 4. The van der Waals surface area contributed by atoms with Crippen molar-refractivity contribution in [2.45, 2.75) is 18.6 Å². The maximum atomic E-state index is 13.1. The third-order valence-corrected chi connectivity index (χ3v) is 2.94. The van der Waals surface area contributed by atoms with Gasteiger partial charge in [-0.05, 0) is 24.1 Å². The van der Waals surface area contributed by atoms with E-state index in [2.05, 4.69) is 5.43 Å². The maximum Gasteiger partial charge on any atom is 0.159 e. The van der Waals surface area contributed by atoms with E-state index in [4.69, 9.17) is 15.3 Å². The minimum Gasteiger partial charge on any atom is -0.376 e. The summed E-state index contributed by atoms with van der Waals surface area (Å²) < 4.78 is 36.7. The first-order valence-corrected chi connectivity index (χ1v) is 5.80. The molecule has 6 heteroatoms. The smallest absolute Gasteiger partial charge is 0.159 e. The number of nitrogens with one attached hydrogen (secondary N) is 1. The molecule has 1 fully saturated rings. The minimum absolute atomic E-state index is 0.183. The predicted molar refractivity (Wildman–Crippen MR) is 61.7 cm³/mol. The van der Waals surface area contributed by atoms with Crippen LogP contribution in [0.5, 0.6) is 0 Å². The van der Waals surface area contributed by atoms with Gasteiger partial charge in [0.1, 0.15) is 0 Å². The quantitative estimate of drug-likeness (QED) is 0.618. The number of ether oxygens (including phenoxy) is 2. The fraction of sp³-hybridized carbons (Fsp3) is 0.500. The topological polar surface area (TPSA) is 56.5 Å². The molecule has 18 heavy (non-hydrogen) atoms. The first kappa shape index (κ1) is 13.4. The average molecular weight is 258 g/mol. The Labute approximate surface area is 104 Å². The summed E-state index contributed by atoms with van der Waals surface area (Å²) >= 11 is 0. The second-order valence-corrected chi connectivity index (χ2v) is 4.21. The Morgan fingerprint density at radius 3 is 2.78 bits per heavy atom. The summed E-state index contributed by atoms with van der Waals surface area (Å²) in [5.74, 6) is 3.76. The summed E-state index contributed by atoms with van der Waals surface area (Å²) in [7, 11) is 0. The Kier molecular flexibility index (Phi) is 4.60. The molecular formula is C12H16F2N2O2. The lowest BCUT2D eigenvalue weighted by atomic mass is 10.0. The van der Waals surface area contributed by atoms with Crippen molar-refractivity contribution in [3.05, 3.63) is 35.4 Å². The maximum absolute atomic E-state index is 13.1. The van der Waals surface area contributed by atoms with Crippen LogP contribution in [0.2, 0.25) is 0 Å². The zero-order valence-corrected chi connectivity index (χ0v) is 9.86. The van der Waals surface area contributed by atoms with E-state index in [1.807, 2.05) is 0 Å². The fourth-order valence-corrected chi connectivity index (χ4v) is 1.96. The molecule has 100 valence electrons. The normalized spacial score (nSPS) is 21.8. The average Bonchev–Trinajstić information content (AvgIpc) is 2.41. The van der Waals surface area contributed by atoms with Gasteiger partial charge in [-0.15, -0.1) is 0 Å². The number of benzene rings is 1. The lowest BCUT2D eigenvalue weighted by Crippen LogP contribution is -2.50. The molecular weight excluding hydrogens is 242 g/mol. The van der Waals surface area contributed by atoms with Gasteiger partial charge in [-0.25, -0.2) is 8.78 Å². The molecule has 1 heterocycles. The van der Waals surface area contributed by atoms with Gasteiger partial charge in [0.2, 0.25) is 0 Å². The highest BCUT2D eigenvalue weighted by Gasteiger charge is 2.24. The van der Waals surface area contributed by atoms with Gasteiger partial charge in [0.15, 0.2) is 11.6 Å². The van der Waals surface area contributed by atoms with Gasteiger partial charge in [0, 0.05) is 0 Å². The molecule has 0 radical (unpaired) electrons. The Hall–Kier alpha value is -1.08. The van der Waals surface area contributed by atoms with Crippen LogP contribution in [0.25, 0.3) is 0 Å². The summed E-state index contributed by atoms with van der Waals surface area (Å²) in [4.78, 5) is 0. The van der Waals surface area contributed by atoms with Crippen LogP contribution in [0.15, 0.2) is 18.2 Å². The van der Waals surface area contributed by atoms with Crippen LogP contribution in [-0.4, -0.2) is 32.0 Å². The SMILES string of the molecule is NNC(Cc1ccc(F)c(F)c1)C1COCCO1. The van der Waals surface area contributed by atoms with Crippen LogP contribution in [0.1, 0.15) is 5.56 Å². The molecule has 0 amide bonds. The van der Waals surface area contributed by atoms with Crippen molar-refractivity contribution in [3.63, 3.8) is 0 Å². The Balaban J connectivity index is 2.02. The zero-order valence-electron chi connectivity index (χ0n) is 9.86. The predicted octanol–water partition coefficient (Wildman–Crippen LogP) is 0.755. The molecule has 0 aromatic heterocycles. The van der Waals surface area contributed by atoms with E-state index in [1.54, 1.807) is 0 Å². The molecule has 1 aliphatic heterocycles. The van der Waals surface area contributed by atoms with Gasteiger partial charge in [0.05, 0.1) is 32.0 Å². The van der Waals surface area contributed by atoms with Gasteiger partial charge in [-0.2, -0.15) is 0 Å². The summed E-state index contributed by atoms with van der Waals surface area (Å²) in [6.45, 7) is 1.53. The van der Waals surface area contributed by atoms with Crippen LogP contribution in [0, 0.1) is 11.6 Å². The Morgan fingerprint density at radius 2 is 2.17 bits per heavy atom. The monoisotopic (exact) mass is 258 g/mol. The van der Waals surface area contributed by atoms with Crippen molar-refractivity contribution >= 4 is 0 Å². The van der Waals surface area contributed by atoms with E-state index >= 15 is 0 Å². The molecule has 1 saturated heterocycles. The van der Waals surface area contributed by atoms with Crippen LogP contribution >= 0.6 is 0 Å². The zero-order chi connectivity index (χ0) is 13.0. The van der Waals surface area contributed by atoms with Crippen LogP contribution in [0.4, 0.5) is 8.78 Å².